The molecule has 0 radical (unpaired) electrons. The van der Waals surface area contributed by atoms with Crippen molar-refractivity contribution in [2.24, 2.45) is 0 Å². The van der Waals surface area contributed by atoms with Gasteiger partial charge in [0.25, 0.3) is 0 Å². The Balaban J connectivity index is 1.54. The van der Waals surface area contributed by atoms with Crippen LogP contribution in [0.2, 0.25) is 0 Å². The van der Waals surface area contributed by atoms with Crippen LogP contribution >= 0.6 is 28.1 Å². The zero-order chi connectivity index (χ0) is 17.5. The summed E-state index contributed by atoms with van der Waals surface area (Å²) in [5, 5.41) is 16.0. The summed E-state index contributed by atoms with van der Waals surface area (Å²) in [6, 6.07) is 2.10. The van der Waals surface area contributed by atoms with Crippen molar-refractivity contribution < 1.29 is 0 Å². The lowest BCUT2D eigenvalue weighted by atomic mass is 10.4. The van der Waals surface area contributed by atoms with Gasteiger partial charge in [-0.05, 0) is 67.8 Å². The van der Waals surface area contributed by atoms with E-state index < -0.39 is 0 Å². The van der Waals surface area contributed by atoms with Crippen molar-refractivity contribution in [3.05, 3.63) is 33.8 Å². The molecule has 0 bridgehead atoms. The Bertz CT molecular complexity index is 659. The molecular weight excluding hydrogens is 388 g/mol. The average Bonchev–Trinajstić information content (AvgIpc) is 3.01. The van der Waals surface area contributed by atoms with Crippen molar-refractivity contribution >= 4 is 33.3 Å². The van der Waals surface area contributed by atoms with Crippen LogP contribution in [-0.4, -0.2) is 37.8 Å². The third-order valence-corrected chi connectivity index (χ3v) is 4.74. The van der Waals surface area contributed by atoms with E-state index in [4.69, 9.17) is 12.2 Å². The minimum absolute atomic E-state index is 0.709. The molecule has 8 heteroatoms. The van der Waals surface area contributed by atoms with E-state index in [1.165, 1.54) is 5.69 Å². The maximum absolute atomic E-state index is 5.29. The van der Waals surface area contributed by atoms with Crippen molar-refractivity contribution in [2.75, 3.05) is 13.1 Å². The van der Waals surface area contributed by atoms with Gasteiger partial charge < -0.3 is 10.6 Å². The van der Waals surface area contributed by atoms with E-state index >= 15 is 0 Å². The molecule has 0 unspecified atom stereocenters. The second-order valence-electron chi connectivity index (χ2n) is 5.87. The average molecular weight is 413 g/mol. The summed E-state index contributed by atoms with van der Waals surface area (Å²) in [7, 11) is 0. The first-order valence-corrected chi connectivity index (χ1v) is 9.38. The fraction of sp³-hybridized carbons (Fsp3) is 0.562. The Labute approximate surface area is 157 Å². The number of aromatic nitrogens is 4. The second-order valence-corrected chi connectivity index (χ2v) is 7.13. The van der Waals surface area contributed by atoms with Gasteiger partial charge in [-0.2, -0.15) is 10.2 Å². The summed E-state index contributed by atoms with van der Waals surface area (Å²) >= 11 is 8.76. The molecule has 2 N–H and O–H groups in total. The zero-order valence-corrected chi connectivity index (χ0v) is 16.9. The summed E-state index contributed by atoms with van der Waals surface area (Å²) in [6.45, 7) is 9.55. The Morgan fingerprint density at radius 3 is 2.33 bits per heavy atom. The van der Waals surface area contributed by atoms with Crippen molar-refractivity contribution in [3.63, 3.8) is 0 Å². The molecule has 0 spiro atoms. The maximum atomic E-state index is 5.29. The van der Waals surface area contributed by atoms with Crippen LogP contribution in [0, 0.1) is 20.8 Å². The van der Waals surface area contributed by atoms with Gasteiger partial charge in [-0.3, -0.25) is 9.36 Å². The van der Waals surface area contributed by atoms with Crippen LogP contribution in [0.15, 0.2) is 16.7 Å². The molecule has 0 aromatic carbocycles. The van der Waals surface area contributed by atoms with Gasteiger partial charge in [-0.15, -0.1) is 0 Å². The fourth-order valence-corrected chi connectivity index (χ4v) is 2.97. The number of hydrogen-bond donors (Lipinski definition) is 2. The lowest BCUT2D eigenvalue weighted by Gasteiger charge is -2.11. The minimum atomic E-state index is 0.709. The predicted octanol–water partition coefficient (Wildman–Crippen LogP) is 2.71. The van der Waals surface area contributed by atoms with E-state index in [2.05, 4.69) is 49.8 Å². The first-order chi connectivity index (χ1) is 11.5. The normalized spacial score (nSPS) is 10.8. The van der Waals surface area contributed by atoms with Gasteiger partial charge in [0, 0.05) is 38.1 Å². The van der Waals surface area contributed by atoms with Gasteiger partial charge in [0.05, 0.1) is 15.9 Å². The van der Waals surface area contributed by atoms with E-state index in [0.717, 1.165) is 54.9 Å². The summed E-state index contributed by atoms with van der Waals surface area (Å²) in [6.07, 6.45) is 3.97. The number of thiocarbonyl (C=S) groups is 1. The predicted molar refractivity (Wildman–Crippen MR) is 104 cm³/mol. The number of halogens is 1. The highest BCUT2D eigenvalue weighted by Gasteiger charge is 2.02. The monoisotopic (exact) mass is 412 g/mol. The van der Waals surface area contributed by atoms with Gasteiger partial charge in [-0.1, -0.05) is 0 Å². The molecule has 0 saturated carbocycles. The summed E-state index contributed by atoms with van der Waals surface area (Å²) < 4.78 is 5.04. The first-order valence-electron chi connectivity index (χ1n) is 8.18. The maximum Gasteiger partial charge on any atom is 0.166 e. The standard InChI is InChI=1S/C16H25BrN6S/c1-12-10-13(2)23(20-12)9-5-7-19-16(24)18-6-4-8-22-11-15(17)14(3)21-22/h10-11H,4-9H2,1-3H3,(H2,18,19,24). The first kappa shape index (κ1) is 18.9. The largest absolute Gasteiger partial charge is 0.363 e. The van der Waals surface area contributed by atoms with Gasteiger partial charge in [0.1, 0.15) is 0 Å². The molecule has 2 heterocycles. The second kappa shape index (κ2) is 9.17. The van der Waals surface area contributed by atoms with E-state index in [-0.39, 0.29) is 0 Å². The van der Waals surface area contributed by atoms with Crippen LogP contribution in [0.5, 0.6) is 0 Å². The molecule has 0 aliphatic rings. The number of nitrogens with zero attached hydrogens (tertiary/aromatic N) is 4. The third kappa shape index (κ3) is 5.90. The van der Waals surface area contributed by atoms with Crippen molar-refractivity contribution in [2.45, 2.75) is 46.7 Å². The molecule has 2 aromatic heterocycles. The van der Waals surface area contributed by atoms with E-state index in [0.29, 0.717) is 5.11 Å². The zero-order valence-electron chi connectivity index (χ0n) is 14.5. The van der Waals surface area contributed by atoms with Gasteiger partial charge >= 0.3 is 0 Å². The number of aryl methyl sites for hydroxylation is 5. The highest BCUT2D eigenvalue weighted by Crippen LogP contribution is 2.13. The topological polar surface area (TPSA) is 59.7 Å². The van der Waals surface area contributed by atoms with Crippen LogP contribution in [0.1, 0.15) is 29.9 Å². The molecule has 0 saturated heterocycles. The van der Waals surface area contributed by atoms with Crippen LogP contribution in [0.25, 0.3) is 0 Å². The molecule has 24 heavy (non-hydrogen) atoms. The smallest absolute Gasteiger partial charge is 0.166 e. The van der Waals surface area contributed by atoms with E-state index in [1.54, 1.807) is 0 Å². The highest BCUT2D eigenvalue weighted by molar-refractivity contribution is 9.10. The Hall–Kier alpha value is -1.41. The molecule has 2 rings (SSSR count). The van der Waals surface area contributed by atoms with Gasteiger partial charge in [0.2, 0.25) is 0 Å². The fourth-order valence-electron chi connectivity index (χ4n) is 2.45. The highest BCUT2D eigenvalue weighted by atomic mass is 79.9. The summed E-state index contributed by atoms with van der Waals surface area (Å²) in [5.74, 6) is 0. The molecule has 0 amide bonds. The Kier molecular flexibility index (Phi) is 7.23. The molecule has 6 nitrogen and oxygen atoms in total. The van der Waals surface area contributed by atoms with Crippen molar-refractivity contribution in [1.82, 2.24) is 30.2 Å². The number of hydrogen-bond acceptors (Lipinski definition) is 3. The quantitative estimate of drug-likeness (QED) is 0.515. The summed E-state index contributed by atoms with van der Waals surface area (Å²) in [5.41, 5.74) is 3.29. The van der Waals surface area contributed by atoms with Gasteiger partial charge in [-0.25, -0.2) is 0 Å². The lowest BCUT2D eigenvalue weighted by molar-refractivity contribution is 0.552. The molecule has 2 aromatic rings. The van der Waals surface area contributed by atoms with Crippen molar-refractivity contribution in [1.29, 1.82) is 0 Å². The lowest BCUT2D eigenvalue weighted by Crippen LogP contribution is -2.36. The third-order valence-electron chi connectivity index (χ3n) is 3.67. The molecule has 0 aliphatic heterocycles. The Morgan fingerprint density at radius 1 is 1.12 bits per heavy atom. The van der Waals surface area contributed by atoms with Crippen LogP contribution in [0.3, 0.4) is 0 Å². The molecule has 0 fully saturated rings. The van der Waals surface area contributed by atoms with E-state index in [1.807, 2.05) is 29.4 Å². The molecule has 0 aliphatic carbocycles. The Morgan fingerprint density at radius 2 is 1.79 bits per heavy atom. The SMILES string of the molecule is Cc1cc(C)n(CCCNC(=S)NCCCn2cc(Br)c(C)n2)n1. The number of nitrogens with one attached hydrogen (secondary N) is 2. The van der Waals surface area contributed by atoms with Crippen LogP contribution in [-0.2, 0) is 13.1 Å². The summed E-state index contributed by atoms with van der Waals surface area (Å²) in [4.78, 5) is 0. The minimum Gasteiger partial charge on any atom is -0.363 e. The van der Waals surface area contributed by atoms with Crippen LogP contribution in [0.4, 0.5) is 0 Å². The van der Waals surface area contributed by atoms with Crippen molar-refractivity contribution in [3.8, 4) is 0 Å². The van der Waals surface area contributed by atoms with Crippen LogP contribution < -0.4 is 10.6 Å². The number of rotatable bonds is 8. The molecule has 0 atom stereocenters. The molecular formula is C16H25BrN6S. The molecule has 132 valence electrons. The van der Waals surface area contributed by atoms with E-state index in [9.17, 15) is 0 Å². The van der Waals surface area contributed by atoms with Gasteiger partial charge in [0.15, 0.2) is 5.11 Å².